The summed E-state index contributed by atoms with van der Waals surface area (Å²) in [6, 6.07) is 0. The van der Waals surface area contributed by atoms with Gasteiger partial charge in [0.05, 0.1) is 26.4 Å². The molecule has 7 atom stereocenters. The van der Waals surface area contributed by atoms with Gasteiger partial charge >= 0.3 is 39.5 Å². The van der Waals surface area contributed by atoms with E-state index in [9.17, 15) is 43.2 Å². The van der Waals surface area contributed by atoms with Gasteiger partial charge in [-0.2, -0.15) is 0 Å². The molecule has 0 rings (SSSR count). The number of hydrogen-bond acceptors (Lipinski definition) is 15. The lowest BCUT2D eigenvalue weighted by Gasteiger charge is -2.21. The van der Waals surface area contributed by atoms with E-state index in [0.717, 1.165) is 114 Å². The molecule has 0 heterocycles. The Morgan fingerprint density at radius 3 is 0.854 bits per heavy atom. The number of phosphoric acid groups is 2. The van der Waals surface area contributed by atoms with Crippen molar-refractivity contribution in [2.24, 2.45) is 17.8 Å². The first-order valence-electron chi connectivity index (χ1n) is 36.4. The third kappa shape index (κ3) is 62.0. The van der Waals surface area contributed by atoms with E-state index in [-0.39, 0.29) is 25.7 Å². The molecule has 0 aromatic rings. The van der Waals surface area contributed by atoms with E-state index in [4.69, 9.17) is 37.0 Å². The van der Waals surface area contributed by atoms with Gasteiger partial charge < -0.3 is 33.8 Å². The van der Waals surface area contributed by atoms with Crippen LogP contribution in [0.4, 0.5) is 0 Å². The molecule has 0 radical (unpaired) electrons. The highest BCUT2D eigenvalue weighted by atomic mass is 31.2. The Hall–Kier alpha value is -1.94. The monoisotopic (exact) mass is 1310 g/mol. The van der Waals surface area contributed by atoms with Crippen molar-refractivity contribution >= 4 is 39.5 Å². The summed E-state index contributed by atoms with van der Waals surface area (Å²) in [6.07, 6.45) is 44.5. The highest BCUT2D eigenvalue weighted by molar-refractivity contribution is 7.47. The number of unbranched alkanes of at least 4 members (excludes halogenated alkanes) is 34. The number of aliphatic hydroxyl groups is 1. The van der Waals surface area contributed by atoms with E-state index in [2.05, 4.69) is 48.5 Å². The van der Waals surface area contributed by atoms with Crippen LogP contribution in [0.3, 0.4) is 0 Å². The minimum absolute atomic E-state index is 0.102. The van der Waals surface area contributed by atoms with Gasteiger partial charge in [0.15, 0.2) is 12.2 Å². The van der Waals surface area contributed by atoms with Gasteiger partial charge in [0, 0.05) is 25.7 Å². The average Bonchev–Trinajstić information content (AvgIpc) is 3.70. The Kier molecular flexibility index (Phi) is 59.6. The second-order valence-electron chi connectivity index (χ2n) is 26.2. The van der Waals surface area contributed by atoms with Crippen LogP contribution in [0.5, 0.6) is 0 Å². The zero-order valence-electron chi connectivity index (χ0n) is 57.9. The van der Waals surface area contributed by atoms with Gasteiger partial charge in [-0.15, -0.1) is 0 Å². The van der Waals surface area contributed by atoms with Crippen molar-refractivity contribution in [1.29, 1.82) is 0 Å². The first kappa shape index (κ1) is 87.1. The van der Waals surface area contributed by atoms with Crippen LogP contribution in [0.25, 0.3) is 0 Å². The van der Waals surface area contributed by atoms with E-state index < -0.39 is 97.5 Å². The quantitative estimate of drug-likeness (QED) is 0.0222. The fourth-order valence-corrected chi connectivity index (χ4v) is 12.1. The van der Waals surface area contributed by atoms with Gasteiger partial charge in [-0.05, 0) is 43.4 Å². The molecular weight excluding hydrogens is 1170 g/mol. The minimum Gasteiger partial charge on any atom is -0.462 e. The van der Waals surface area contributed by atoms with Crippen LogP contribution in [0.2, 0.25) is 0 Å². The maximum Gasteiger partial charge on any atom is 0.472 e. The SMILES string of the molecule is CCCCCCCCCCCCCCCCCC(=O)O[C@H](COC(=O)CCCCCCCCCCCCCC(C)C)COP(=O)(O)OC[C@@H](O)COP(=O)(O)OC[C@@H](COC(=O)CCCCCCCCC(C)CC)OC(=O)CCCCCCCCC(C)CC. The van der Waals surface area contributed by atoms with Gasteiger partial charge in [-0.25, -0.2) is 9.13 Å². The van der Waals surface area contributed by atoms with Crippen molar-refractivity contribution in [1.82, 2.24) is 0 Å². The summed E-state index contributed by atoms with van der Waals surface area (Å²) in [4.78, 5) is 72.5. The lowest BCUT2D eigenvalue weighted by molar-refractivity contribution is -0.161. The third-order valence-corrected chi connectivity index (χ3v) is 18.8. The summed E-state index contributed by atoms with van der Waals surface area (Å²) in [5.41, 5.74) is 0. The predicted octanol–water partition coefficient (Wildman–Crippen LogP) is 19.8. The molecule has 0 aromatic carbocycles. The molecular formula is C70H136O17P2. The van der Waals surface area contributed by atoms with Crippen LogP contribution >= 0.6 is 15.6 Å². The standard InChI is InChI=1S/C70H136O17P2/c1-8-11-12-13-14-15-16-17-18-19-22-26-29-39-46-53-69(74)86-65(57-80-67(72)51-44-37-28-25-23-20-21-24-27-34-41-48-61(4)5)59-84-88(76,77)82-55-64(71)56-83-89(78,79)85-60-66(87-70(75)54-47-40-33-31-36-43-50-63(7)10-3)58-81-68(73)52-45-38-32-30-35-42-49-62(6)9-2/h61-66,71H,8-60H2,1-7H3,(H,76,77)(H,78,79)/t62?,63?,64-,65-,66-/m1/s1. The number of carbonyl (C=O) groups excluding carboxylic acids is 4. The molecule has 4 unspecified atom stereocenters. The fraction of sp³-hybridized carbons (Fsp3) is 0.943. The Morgan fingerprint density at radius 1 is 0.326 bits per heavy atom. The second kappa shape index (κ2) is 61.0. The molecule has 0 saturated heterocycles. The zero-order chi connectivity index (χ0) is 65.9. The maximum atomic E-state index is 13.0. The number of aliphatic hydroxyl groups excluding tert-OH is 1. The van der Waals surface area contributed by atoms with Gasteiger partial charge in [0.25, 0.3) is 0 Å². The van der Waals surface area contributed by atoms with E-state index in [1.165, 1.54) is 154 Å². The summed E-state index contributed by atoms with van der Waals surface area (Å²) in [5.74, 6) is 0.0931. The molecule has 17 nitrogen and oxygen atoms in total. The van der Waals surface area contributed by atoms with E-state index in [1.807, 2.05) is 0 Å². The van der Waals surface area contributed by atoms with Crippen LogP contribution in [-0.4, -0.2) is 96.7 Å². The fourth-order valence-electron chi connectivity index (χ4n) is 10.5. The highest BCUT2D eigenvalue weighted by Crippen LogP contribution is 2.45. The summed E-state index contributed by atoms with van der Waals surface area (Å²) in [7, 11) is -9.90. The molecule has 0 aliphatic heterocycles. The largest absolute Gasteiger partial charge is 0.472 e. The van der Waals surface area contributed by atoms with Crippen molar-refractivity contribution in [3.63, 3.8) is 0 Å². The number of ether oxygens (including phenoxy) is 4. The first-order valence-corrected chi connectivity index (χ1v) is 39.4. The Bertz CT molecular complexity index is 1750. The van der Waals surface area contributed by atoms with E-state index in [1.54, 1.807) is 0 Å². The molecule has 0 aliphatic rings. The minimum atomic E-state index is -4.95. The molecule has 0 aromatic heterocycles. The van der Waals surface area contributed by atoms with Crippen LogP contribution in [0, 0.1) is 17.8 Å². The highest BCUT2D eigenvalue weighted by Gasteiger charge is 2.30. The molecule has 19 heteroatoms. The van der Waals surface area contributed by atoms with Crippen LogP contribution in [0.1, 0.15) is 350 Å². The van der Waals surface area contributed by atoms with Crippen LogP contribution < -0.4 is 0 Å². The summed E-state index contributed by atoms with van der Waals surface area (Å²) in [5, 5.41) is 10.6. The lowest BCUT2D eigenvalue weighted by atomic mass is 10.00. The topological polar surface area (TPSA) is 237 Å². The molecule has 0 bridgehead atoms. The second-order valence-corrected chi connectivity index (χ2v) is 29.1. The Balaban J connectivity index is 5.25. The van der Waals surface area contributed by atoms with E-state index >= 15 is 0 Å². The van der Waals surface area contributed by atoms with Gasteiger partial charge in [-0.3, -0.25) is 37.3 Å². The molecule has 0 fully saturated rings. The van der Waals surface area contributed by atoms with Crippen molar-refractivity contribution in [2.75, 3.05) is 39.6 Å². The molecule has 528 valence electrons. The van der Waals surface area contributed by atoms with Crippen molar-refractivity contribution in [3.8, 4) is 0 Å². The maximum absolute atomic E-state index is 13.0. The number of esters is 4. The molecule has 0 amide bonds. The summed E-state index contributed by atoms with van der Waals surface area (Å²) < 4.78 is 68.3. The molecule has 89 heavy (non-hydrogen) atoms. The number of carbonyl (C=O) groups is 4. The predicted molar refractivity (Wildman–Crippen MR) is 358 cm³/mol. The third-order valence-electron chi connectivity index (χ3n) is 16.9. The summed E-state index contributed by atoms with van der Waals surface area (Å²) in [6.45, 7) is 11.8. The molecule has 0 spiro atoms. The molecule has 0 saturated carbocycles. The lowest BCUT2D eigenvalue weighted by Crippen LogP contribution is -2.30. The van der Waals surface area contributed by atoms with Crippen LogP contribution in [-0.2, 0) is 65.4 Å². The van der Waals surface area contributed by atoms with Crippen molar-refractivity contribution in [3.05, 3.63) is 0 Å². The van der Waals surface area contributed by atoms with Gasteiger partial charge in [0.1, 0.15) is 19.3 Å². The Labute approximate surface area is 543 Å². The van der Waals surface area contributed by atoms with Crippen molar-refractivity contribution < 1.29 is 80.2 Å². The number of hydrogen-bond donors (Lipinski definition) is 3. The van der Waals surface area contributed by atoms with E-state index in [0.29, 0.717) is 25.7 Å². The van der Waals surface area contributed by atoms with Crippen molar-refractivity contribution in [2.45, 2.75) is 369 Å². The number of phosphoric ester groups is 2. The smallest absolute Gasteiger partial charge is 0.462 e. The van der Waals surface area contributed by atoms with Gasteiger partial charge in [-0.1, -0.05) is 299 Å². The molecule has 0 aliphatic carbocycles. The van der Waals surface area contributed by atoms with Gasteiger partial charge in [0.2, 0.25) is 0 Å². The summed E-state index contributed by atoms with van der Waals surface area (Å²) >= 11 is 0. The average molecular weight is 1310 g/mol. The van der Waals surface area contributed by atoms with Crippen LogP contribution in [0.15, 0.2) is 0 Å². The first-order chi connectivity index (χ1) is 42.8. The molecule has 3 N–H and O–H groups in total. The number of rotatable bonds is 68. The Morgan fingerprint density at radius 2 is 0.573 bits per heavy atom. The zero-order valence-corrected chi connectivity index (χ0v) is 59.7. The normalized spacial score (nSPS) is 14.8.